The molecule has 0 aromatic heterocycles. The molecule has 0 saturated heterocycles. The second kappa shape index (κ2) is 8.92. The monoisotopic (exact) mass is 264 g/mol. The summed E-state index contributed by atoms with van der Waals surface area (Å²) in [7, 11) is 0. The maximum absolute atomic E-state index is 5.44. The van der Waals surface area contributed by atoms with E-state index in [1.165, 1.54) is 5.56 Å². The Hall–Kier alpha value is -1.09. The summed E-state index contributed by atoms with van der Waals surface area (Å²) in [4.78, 5) is 2.26. The van der Waals surface area contributed by atoms with Gasteiger partial charge < -0.3 is 10.2 Å². The molecule has 1 N–H and O–H groups in total. The molecule has 0 aliphatic carbocycles. The van der Waals surface area contributed by atoms with E-state index in [1.807, 2.05) is 6.07 Å². The fraction of sp³-hybridized carbons (Fsp3) is 0.533. The van der Waals surface area contributed by atoms with Gasteiger partial charge in [0.2, 0.25) is 0 Å². The van der Waals surface area contributed by atoms with Gasteiger partial charge >= 0.3 is 0 Å². The van der Waals surface area contributed by atoms with Crippen LogP contribution in [0.25, 0.3) is 0 Å². The molecule has 0 bridgehead atoms. The lowest BCUT2D eigenvalue weighted by molar-refractivity contribution is 0.410. The molecule has 0 atom stereocenters. The zero-order valence-corrected chi connectivity index (χ0v) is 12.3. The van der Waals surface area contributed by atoms with Gasteiger partial charge in [0.15, 0.2) is 5.11 Å². The van der Waals surface area contributed by atoms with E-state index >= 15 is 0 Å². The minimum atomic E-state index is 0.898. The molecule has 0 saturated carbocycles. The fourth-order valence-corrected chi connectivity index (χ4v) is 2.21. The van der Waals surface area contributed by atoms with Crippen molar-refractivity contribution >= 4 is 17.3 Å². The van der Waals surface area contributed by atoms with E-state index in [0.717, 1.165) is 44.0 Å². The van der Waals surface area contributed by atoms with Crippen molar-refractivity contribution in [3.63, 3.8) is 0 Å². The summed E-state index contributed by atoms with van der Waals surface area (Å²) in [6.07, 6.45) is 3.30. The first-order valence-corrected chi connectivity index (χ1v) is 7.25. The third-order valence-corrected chi connectivity index (χ3v) is 3.21. The molecule has 1 aromatic rings. The second-order valence-electron chi connectivity index (χ2n) is 4.45. The Morgan fingerprint density at radius 1 is 1.11 bits per heavy atom. The lowest BCUT2D eigenvalue weighted by Crippen LogP contribution is -2.41. The van der Waals surface area contributed by atoms with E-state index in [4.69, 9.17) is 12.2 Å². The van der Waals surface area contributed by atoms with Gasteiger partial charge in [0.25, 0.3) is 0 Å². The molecule has 3 heteroatoms. The van der Waals surface area contributed by atoms with Gasteiger partial charge in [0.1, 0.15) is 0 Å². The highest BCUT2D eigenvalue weighted by atomic mass is 32.1. The van der Waals surface area contributed by atoms with Crippen LogP contribution in [0.15, 0.2) is 30.3 Å². The minimum absolute atomic E-state index is 0.898. The molecule has 1 aromatic carbocycles. The standard InChI is InChI=1S/C15H24N2S/c1-3-12-17(13-4-2)15(18)16-11-10-14-8-6-5-7-9-14/h5-9H,3-4,10-13H2,1-2H3,(H,16,18). The zero-order valence-electron chi connectivity index (χ0n) is 11.5. The SMILES string of the molecule is CCCN(CCC)C(=S)NCCc1ccccc1. The molecular formula is C15H24N2S. The van der Waals surface area contributed by atoms with Crippen LogP contribution in [0, 0.1) is 0 Å². The summed E-state index contributed by atoms with van der Waals surface area (Å²) in [5.74, 6) is 0. The highest BCUT2D eigenvalue weighted by Crippen LogP contribution is 1.99. The zero-order chi connectivity index (χ0) is 13.2. The molecule has 0 spiro atoms. The largest absolute Gasteiger partial charge is 0.362 e. The van der Waals surface area contributed by atoms with E-state index in [9.17, 15) is 0 Å². The molecule has 0 fully saturated rings. The Kier molecular flexibility index (Phi) is 7.42. The molecule has 0 aliphatic rings. The van der Waals surface area contributed by atoms with Crippen LogP contribution < -0.4 is 5.32 Å². The number of hydrogen-bond donors (Lipinski definition) is 1. The summed E-state index contributed by atoms with van der Waals surface area (Å²) in [5, 5.41) is 4.26. The van der Waals surface area contributed by atoms with Gasteiger partial charge in [0, 0.05) is 19.6 Å². The van der Waals surface area contributed by atoms with E-state index in [-0.39, 0.29) is 0 Å². The van der Waals surface area contributed by atoms with Gasteiger partial charge in [-0.15, -0.1) is 0 Å². The van der Waals surface area contributed by atoms with Crippen LogP contribution in [0.3, 0.4) is 0 Å². The molecule has 0 heterocycles. The first-order chi connectivity index (χ1) is 8.77. The van der Waals surface area contributed by atoms with Crippen molar-refractivity contribution in [1.82, 2.24) is 10.2 Å². The third kappa shape index (κ3) is 5.50. The Morgan fingerprint density at radius 2 is 1.72 bits per heavy atom. The molecule has 0 unspecified atom stereocenters. The fourth-order valence-electron chi connectivity index (χ4n) is 1.92. The van der Waals surface area contributed by atoms with Gasteiger partial charge in [0.05, 0.1) is 0 Å². The predicted molar refractivity (Wildman–Crippen MR) is 82.9 cm³/mol. The van der Waals surface area contributed by atoms with Crippen LogP contribution in [0.4, 0.5) is 0 Å². The van der Waals surface area contributed by atoms with Crippen molar-refractivity contribution in [2.45, 2.75) is 33.1 Å². The molecule has 0 aliphatic heterocycles. The molecule has 0 radical (unpaired) electrons. The Morgan fingerprint density at radius 3 is 2.28 bits per heavy atom. The number of nitrogens with zero attached hydrogens (tertiary/aromatic N) is 1. The Labute approximate surface area is 116 Å². The predicted octanol–water partition coefficient (Wildman–Crippen LogP) is 3.23. The van der Waals surface area contributed by atoms with E-state index < -0.39 is 0 Å². The summed E-state index contributed by atoms with van der Waals surface area (Å²) >= 11 is 5.44. The lowest BCUT2D eigenvalue weighted by atomic mass is 10.1. The number of nitrogens with one attached hydrogen (secondary N) is 1. The van der Waals surface area contributed by atoms with Crippen LogP contribution in [0.5, 0.6) is 0 Å². The average Bonchev–Trinajstić information content (AvgIpc) is 2.39. The van der Waals surface area contributed by atoms with E-state index in [2.05, 4.69) is 48.3 Å². The van der Waals surface area contributed by atoms with Crippen LogP contribution in [0.2, 0.25) is 0 Å². The van der Waals surface area contributed by atoms with Crippen LogP contribution in [-0.4, -0.2) is 29.6 Å². The lowest BCUT2D eigenvalue weighted by Gasteiger charge is -2.24. The highest BCUT2D eigenvalue weighted by Gasteiger charge is 2.06. The maximum atomic E-state index is 5.44. The van der Waals surface area contributed by atoms with Crippen molar-refractivity contribution < 1.29 is 0 Å². The molecule has 100 valence electrons. The van der Waals surface area contributed by atoms with Gasteiger partial charge in [-0.3, -0.25) is 0 Å². The Bertz CT molecular complexity index is 332. The number of rotatable bonds is 7. The summed E-state index contributed by atoms with van der Waals surface area (Å²) in [5.41, 5.74) is 1.35. The molecule has 1 rings (SSSR count). The normalized spacial score (nSPS) is 10.1. The highest BCUT2D eigenvalue weighted by molar-refractivity contribution is 7.80. The smallest absolute Gasteiger partial charge is 0.168 e. The van der Waals surface area contributed by atoms with Gasteiger partial charge in [-0.25, -0.2) is 0 Å². The maximum Gasteiger partial charge on any atom is 0.168 e. The summed E-state index contributed by atoms with van der Waals surface area (Å²) in [6, 6.07) is 10.5. The number of hydrogen-bond acceptors (Lipinski definition) is 1. The molecule has 18 heavy (non-hydrogen) atoms. The third-order valence-electron chi connectivity index (χ3n) is 2.81. The molecular weight excluding hydrogens is 240 g/mol. The summed E-state index contributed by atoms with van der Waals surface area (Å²) < 4.78 is 0. The number of benzene rings is 1. The average molecular weight is 264 g/mol. The molecule has 0 amide bonds. The van der Waals surface area contributed by atoms with Gasteiger partial charge in [-0.05, 0) is 37.0 Å². The van der Waals surface area contributed by atoms with Crippen molar-refractivity contribution in [2.24, 2.45) is 0 Å². The van der Waals surface area contributed by atoms with Crippen LogP contribution >= 0.6 is 12.2 Å². The van der Waals surface area contributed by atoms with E-state index in [1.54, 1.807) is 0 Å². The Balaban J connectivity index is 2.30. The van der Waals surface area contributed by atoms with Crippen molar-refractivity contribution in [3.05, 3.63) is 35.9 Å². The van der Waals surface area contributed by atoms with Gasteiger partial charge in [-0.1, -0.05) is 44.2 Å². The second-order valence-corrected chi connectivity index (χ2v) is 4.84. The van der Waals surface area contributed by atoms with Crippen molar-refractivity contribution in [3.8, 4) is 0 Å². The first kappa shape index (κ1) is 15.0. The number of thiocarbonyl (C=S) groups is 1. The van der Waals surface area contributed by atoms with Crippen molar-refractivity contribution in [2.75, 3.05) is 19.6 Å². The molecule has 2 nitrogen and oxygen atoms in total. The first-order valence-electron chi connectivity index (χ1n) is 6.84. The van der Waals surface area contributed by atoms with E-state index in [0.29, 0.717) is 0 Å². The quantitative estimate of drug-likeness (QED) is 0.761. The van der Waals surface area contributed by atoms with Crippen LogP contribution in [-0.2, 0) is 6.42 Å². The summed E-state index contributed by atoms with van der Waals surface area (Å²) in [6.45, 7) is 7.38. The van der Waals surface area contributed by atoms with Crippen LogP contribution in [0.1, 0.15) is 32.3 Å². The van der Waals surface area contributed by atoms with Crippen molar-refractivity contribution in [1.29, 1.82) is 0 Å². The topological polar surface area (TPSA) is 15.3 Å². The van der Waals surface area contributed by atoms with Gasteiger partial charge in [-0.2, -0.15) is 0 Å². The minimum Gasteiger partial charge on any atom is -0.362 e.